The summed E-state index contributed by atoms with van der Waals surface area (Å²) in [6, 6.07) is 7.42. The number of rotatable bonds is 15. The van der Waals surface area contributed by atoms with Crippen LogP contribution in [0.15, 0.2) is 24.3 Å². The Labute approximate surface area is 268 Å². The number of halogens is 3. The van der Waals surface area contributed by atoms with E-state index in [9.17, 15) is 36.0 Å². The molecule has 238 valence electrons. The van der Waals surface area contributed by atoms with Gasteiger partial charge < -0.3 is 9.47 Å². The highest BCUT2D eigenvalue weighted by molar-refractivity contribution is 7.85. The zero-order chi connectivity index (χ0) is 34.3. The van der Waals surface area contributed by atoms with E-state index in [0.717, 1.165) is 29.2 Å². The summed E-state index contributed by atoms with van der Waals surface area (Å²) in [5.41, 5.74) is 2.32. The second kappa shape index (κ2) is 15.6. The van der Waals surface area contributed by atoms with Gasteiger partial charge in [-0.2, -0.15) is 21.6 Å². The molecule has 2 aromatic carbocycles. The van der Waals surface area contributed by atoms with Crippen LogP contribution in [0.1, 0.15) is 45.9 Å². The Bertz CT molecular complexity index is 1410. The number of esters is 2. The Morgan fingerprint density at radius 3 is 1.56 bits per heavy atom. The van der Waals surface area contributed by atoms with Crippen LogP contribution in [-0.2, 0) is 73.6 Å². The molecular weight excluding hydrogens is 606 g/mol. The minimum Gasteiger partial charge on any atom is -0.450 e. The first kappa shape index (κ1) is 38.3. The Morgan fingerprint density at radius 2 is 1.20 bits per heavy atom. The van der Waals surface area contributed by atoms with Crippen molar-refractivity contribution in [3.63, 3.8) is 0 Å². The Kier molecular flexibility index (Phi) is 13.3. The van der Waals surface area contributed by atoms with Crippen LogP contribution in [0.3, 0.4) is 0 Å². The third kappa shape index (κ3) is 9.34. The van der Waals surface area contributed by atoms with Crippen molar-refractivity contribution in [1.29, 1.82) is 0 Å². The predicted octanol–water partition coefficient (Wildman–Crippen LogP) is -2.43. The summed E-state index contributed by atoms with van der Waals surface area (Å²) in [4.78, 5) is 41.6. The molecule has 2 aromatic rings. The van der Waals surface area contributed by atoms with E-state index in [1.165, 1.54) is 0 Å². The van der Waals surface area contributed by atoms with Crippen molar-refractivity contribution < 1.29 is 50.0 Å². The first-order valence-corrected chi connectivity index (χ1v) is 16.8. The molecule has 0 radical (unpaired) electrons. The summed E-state index contributed by atoms with van der Waals surface area (Å²) in [5, 5.41) is 0. The number of Topliss-reactive ketones (excluding diaryl/α,β-unsaturated/α-hetero) is 1. The third-order valence-electron chi connectivity index (χ3n) is 8.02. The number of carbonyl (C=O) groups excluding carboxylic acids is 3. The van der Waals surface area contributed by atoms with Gasteiger partial charge in [0.25, 0.3) is 10.1 Å². The number of hydrogen-bond acceptors (Lipinski definition) is 7. The maximum Gasteiger partial charge on any atom is 0.426 e. The molecule has 0 saturated heterocycles. The fourth-order valence-corrected chi connectivity index (χ4v) is 5.74. The second-order valence-electron chi connectivity index (χ2n) is 11.1. The summed E-state index contributed by atoms with van der Waals surface area (Å²) in [7, 11) is 5.98. The molecule has 2 unspecified atom stereocenters. The van der Waals surface area contributed by atoms with E-state index < -0.39 is 57.7 Å². The van der Waals surface area contributed by atoms with Gasteiger partial charge >= 0.3 is 18.1 Å². The summed E-state index contributed by atoms with van der Waals surface area (Å²) < 4.78 is 83.4. The molecule has 0 aliphatic rings. The minimum absolute atomic E-state index is 0.0927. The number of hydrogen-bond donors (Lipinski definition) is 1. The number of carbonyl (C=O) groups is 3. The lowest BCUT2D eigenvalue weighted by atomic mass is 9.77. The van der Waals surface area contributed by atoms with Gasteiger partial charge in [0, 0.05) is 6.42 Å². The van der Waals surface area contributed by atoms with E-state index >= 15 is 0 Å². The summed E-state index contributed by atoms with van der Waals surface area (Å²) in [6.45, 7) is 0.830. The van der Waals surface area contributed by atoms with E-state index in [1.54, 1.807) is 12.1 Å². The summed E-state index contributed by atoms with van der Waals surface area (Å²) in [6.07, 6.45) is -6.07. The van der Waals surface area contributed by atoms with Crippen LogP contribution in [0.4, 0.5) is 13.2 Å². The fraction of sp³-hybridized carbons (Fsp3) is 0.444. The fourth-order valence-electron chi connectivity index (χ4n) is 5.10. The van der Waals surface area contributed by atoms with E-state index in [0.29, 0.717) is 54.6 Å². The highest BCUT2D eigenvalue weighted by atomic mass is 32.2. The quantitative estimate of drug-likeness (QED) is 0.0748. The lowest BCUT2D eigenvalue weighted by Gasteiger charge is -2.29. The molecule has 2 atom stereocenters. The van der Waals surface area contributed by atoms with E-state index in [4.69, 9.17) is 9.29 Å². The summed E-state index contributed by atoms with van der Waals surface area (Å²) >= 11 is 0. The molecule has 1 N–H and O–H groups in total. The molecule has 0 spiro atoms. The molecule has 0 heterocycles. The van der Waals surface area contributed by atoms with Gasteiger partial charge in [0.05, 0.1) is 0 Å². The number of benzene rings is 2. The maximum atomic E-state index is 14.1. The topological polar surface area (TPSA) is 124 Å². The first-order chi connectivity index (χ1) is 20.9. The van der Waals surface area contributed by atoms with Gasteiger partial charge in [0.1, 0.15) is 58.6 Å². The Hall–Kier alpha value is -2.86. The largest absolute Gasteiger partial charge is 0.450 e. The van der Waals surface area contributed by atoms with Crippen LogP contribution in [0.25, 0.3) is 0 Å². The molecule has 2 rings (SSSR count). The standard InChI is InChI=1S/C27H37B6F3O8S/c1-26(24(38)43-22(27(34,35)36)13-45(40,41)42,21(37)6-20-16(9-30)2-14(7-28)3-17(20)10-31)25(39)44-23-18(11-32)4-15(8-29)5-19(23)12-33/h2-5,22H,6-13,28-33H2,1H3,(H,40,41,42). The van der Waals surface area contributed by atoms with Gasteiger partial charge in [0.15, 0.2) is 5.78 Å². The van der Waals surface area contributed by atoms with Crippen molar-refractivity contribution in [3.8, 4) is 5.75 Å². The average molecular weight is 644 g/mol. The van der Waals surface area contributed by atoms with Crippen LogP contribution in [-0.4, -0.2) is 95.8 Å². The van der Waals surface area contributed by atoms with Crippen molar-refractivity contribution in [2.45, 2.75) is 63.5 Å². The van der Waals surface area contributed by atoms with Crippen LogP contribution in [0, 0.1) is 5.41 Å². The van der Waals surface area contributed by atoms with Gasteiger partial charge in [-0.05, 0) is 23.6 Å². The Morgan fingerprint density at radius 1 is 0.778 bits per heavy atom. The van der Waals surface area contributed by atoms with Crippen molar-refractivity contribution in [3.05, 3.63) is 63.2 Å². The average Bonchev–Trinajstić information content (AvgIpc) is 2.98. The minimum atomic E-state index is -5.44. The SMILES string of the molecule is BCc1cc(CB)c(CC(=O)C(C)(C(=O)Oc2c(CB)cc(CB)cc2CB)C(=O)OC(CS(=O)(=O)O)C(F)(F)F)c(CB)c1. The molecule has 0 aromatic heterocycles. The van der Waals surface area contributed by atoms with Crippen LogP contribution < -0.4 is 4.74 Å². The van der Waals surface area contributed by atoms with Gasteiger partial charge in [-0.3, -0.25) is 14.1 Å². The zero-order valence-electron chi connectivity index (χ0n) is 26.9. The molecule has 0 aliphatic carbocycles. The smallest absolute Gasteiger partial charge is 0.426 e. The normalized spacial score (nSPS) is 13.9. The molecule has 0 saturated carbocycles. The van der Waals surface area contributed by atoms with Gasteiger partial charge in [0.2, 0.25) is 11.5 Å². The van der Waals surface area contributed by atoms with E-state index in [-0.39, 0.29) is 5.75 Å². The zero-order valence-corrected chi connectivity index (χ0v) is 27.7. The van der Waals surface area contributed by atoms with Crippen molar-refractivity contribution in [1.82, 2.24) is 0 Å². The number of alkyl halides is 3. The van der Waals surface area contributed by atoms with E-state index in [1.807, 2.05) is 59.2 Å². The second-order valence-corrected chi connectivity index (χ2v) is 12.6. The van der Waals surface area contributed by atoms with Crippen LogP contribution in [0.5, 0.6) is 5.75 Å². The monoisotopic (exact) mass is 644 g/mol. The third-order valence-corrected chi connectivity index (χ3v) is 8.74. The predicted molar refractivity (Wildman–Crippen MR) is 181 cm³/mol. The van der Waals surface area contributed by atoms with Crippen LogP contribution in [0.2, 0.25) is 0 Å². The molecule has 8 nitrogen and oxygen atoms in total. The molecular formula is C27H37B6F3O8S. The number of ketones is 1. The highest BCUT2D eigenvalue weighted by Gasteiger charge is 2.55. The highest BCUT2D eigenvalue weighted by Crippen LogP contribution is 2.34. The maximum absolute atomic E-state index is 14.1. The summed E-state index contributed by atoms with van der Waals surface area (Å²) in [5.74, 6) is -6.40. The molecule has 45 heavy (non-hydrogen) atoms. The van der Waals surface area contributed by atoms with Gasteiger partial charge in [-0.15, -0.1) is 0 Å². The van der Waals surface area contributed by atoms with Crippen molar-refractivity contribution in [2.75, 3.05) is 5.75 Å². The van der Waals surface area contributed by atoms with Crippen LogP contribution >= 0.6 is 0 Å². The first-order valence-electron chi connectivity index (χ1n) is 15.2. The molecule has 18 heteroatoms. The Balaban J connectivity index is 2.74. The molecule has 0 bridgehead atoms. The molecule has 0 amide bonds. The molecule has 0 fully saturated rings. The number of ether oxygens (including phenoxy) is 2. The lowest BCUT2D eigenvalue weighted by Crippen LogP contribution is -2.51. The van der Waals surface area contributed by atoms with Crippen molar-refractivity contribution >= 4 is 74.9 Å². The molecule has 0 aliphatic heterocycles. The van der Waals surface area contributed by atoms with E-state index in [2.05, 4.69) is 4.74 Å². The van der Waals surface area contributed by atoms with Crippen molar-refractivity contribution in [2.24, 2.45) is 5.41 Å². The van der Waals surface area contributed by atoms with Gasteiger partial charge in [-0.1, -0.05) is 84.4 Å². The lowest BCUT2D eigenvalue weighted by molar-refractivity contribution is -0.221. The van der Waals surface area contributed by atoms with Gasteiger partial charge in [-0.25, -0.2) is 4.79 Å².